The van der Waals surface area contributed by atoms with E-state index in [-0.39, 0.29) is 5.91 Å². The summed E-state index contributed by atoms with van der Waals surface area (Å²) in [6, 6.07) is 15.1. The molecule has 1 aliphatic carbocycles. The zero-order chi connectivity index (χ0) is 17.1. The van der Waals surface area contributed by atoms with Crippen molar-refractivity contribution in [1.29, 1.82) is 0 Å². The van der Waals surface area contributed by atoms with Crippen LogP contribution in [0, 0.1) is 5.92 Å². The normalized spacial score (nSPS) is 18.6. The van der Waals surface area contributed by atoms with Gasteiger partial charge in [-0.1, -0.05) is 42.5 Å². The van der Waals surface area contributed by atoms with Crippen molar-refractivity contribution in [3.05, 3.63) is 48.0 Å². The molecule has 4 nitrogen and oxygen atoms in total. The molecule has 0 aromatic heterocycles. The maximum atomic E-state index is 12.3. The van der Waals surface area contributed by atoms with E-state index in [4.69, 9.17) is 0 Å². The van der Waals surface area contributed by atoms with E-state index in [0.717, 1.165) is 45.2 Å². The van der Waals surface area contributed by atoms with Crippen LogP contribution in [-0.2, 0) is 11.3 Å². The molecule has 0 bridgehead atoms. The van der Waals surface area contributed by atoms with Crippen LogP contribution in [0.1, 0.15) is 18.4 Å². The van der Waals surface area contributed by atoms with Gasteiger partial charge in [-0.2, -0.15) is 0 Å². The Bertz CT molecular complexity index is 728. The van der Waals surface area contributed by atoms with E-state index in [1.54, 1.807) is 0 Å². The molecule has 4 heteroatoms. The molecule has 1 amide bonds. The molecule has 132 valence electrons. The van der Waals surface area contributed by atoms with E-state index in [2.05, 4.69) is 52.7 Å². The standard InChI is InChI=1S/C21H27N3O/c25-21(15-22-14-17-8-9-17)24-12-10-23(11-13-24)16-19-6-3-5-18-4-1-2-7-20(18)19/h1-7,17,22H,8-16H2. The minimum absolute atomic E-state index is 0.255. The second kappa shape index (κ2) is 7.54. The zero-order valence-corrected chi connectivity index (χ0v) is 14.8. The number of piperazine rings is 1. The summed E-state index contributed by atoms with van der Waals surface area (Å²) < 4.78 is 0. The Labute approximate surface area is 149 Å². The highest BCUT2D eigenvalue weighted by Crippen LogP contribution is 2.27. The van der Waals surface area contributed by atoms with Crippen molar-refractivity contribution in [2.75, 3.05) is 39.3 Å². The van der Waals surface area contributed by atoms with Gasteiger partial charge in [-0.05, 0) is 41.6 Å². The largest absolute Gasteiger partial charge is 0.339 e. The second-order valence-electron chi connectivity index (χ2n) is 7.37. The van der Waals surface area contributed by atoms with E-state index >= 15 is 0 Å². The van der Waals surface area contributed by atoms with Gasteiger partial charge in [-0.3, -0.25) is 9.69 Å². The quantitative estimate of drug-likeness (QED) is 0.880. The van der Waals surface area contributed by atoms with Gasteiger partial charge in [0.1, 0.15) is 0 Å². The van der Waals surface area contributed by atoms with Crippen LogP contribution >= 0.6 is 0 Å². The van der Waals surface area contributed by atoms with Gasteiger partial charge in [-0.25, -0.2) is 0 Å². The Kier molecular flexibility index (Phi) is 4.99. The summed E-state index contributed by atoms with van der Waals surface area (Å²) in [6.07, 6.45) is 2.65. The number of hydrogen-bond acceptors (Lipinski definition) is 3. The number of nitrogens with one attached hydrogen (secondary N) is 1. The van der Waals surface area contributed by atoms with Gasteiger partial charge in [-0.15, -0.1) is 0 Å². The fraction of sp³-hybridized carbons (Fsp3) is 0.476. The SMILES string of the molecule is O=C(CNCC1CC1)N1CCN(Cc2cccc3ccccc23)CC1. The molecule has 1 saturated heterocycles. The maximum Gasteiger partial charge on any atom is 0.236 e. The third-order valence-electron chi connectivity index (χ3n) is 5.41. The number of nitrogens with zero attached hydrogens (tertiary/aromatic N) is 2. The summed E-state index contributed by atoms with van der Waals surface area (Å²) in [6.45, 7) is 6.06. The Morgan fingerprint density at radius 3 is 2.56 bits per heavy atom. The van der Waals surface area contributed by atoms with Gasteiger partial charge in [0.25, 0.3) is 0 Å². The predicted octanol–water partition coefficient (Wildman–Crippen LogP) is 2.48. The topological polar surface area (TPSA) is 35.6 Å². The highest BCUT2D eigenvalue weighted by molar-refractivity contribution is 5.85. The summed E-state index contributed by atoms with van der Waals surface area (Å²) in [5, 5.41) is 5.95. The minimum atomic E-state index is 0.255. The first-order chi connectivity index (χ1) is 12.3. The molecule has 1 aliphatic heterocycles. The van der Waals surface area contributed by atoms with E-state index in [0.29, 0.717) is 6.54 Å². The monoisotopic (exact) mass is 337 g/mol. The number of rotatable bonds is 6. The summed E-state index contributed by atoms with van der Waals surface area (Å²) in [5.74, 6) is 1.08. The Balaban J connectivity index is 1.28. The lowest BCUT2D eigenvalue weighted by Gasteiger charge is -2.35. The van der Waals surface area contributed by atoms with Crippen molar-refractivity contribution in [2.45, 2.75) is 19.4 Å². The summed E-state index contributed by atoms with van der Waals surface area (Å²) in [4.78, 5) is 16.8. The first kappa shape index (κ1) is 16.6. The molecule has 4 rings (SSSR count). The van der Waals surface area contributed by atoms with E-state index in [1.165, 1.54) is 29.2 Å². The average Bonchev–Trinajstić information content (AvgIpc) is 3.47. The fourth-order valence-electron chi connectivity index (χ4n) is 3.64. The van der Waals surface area contributed by atoms with Crippen molar-refractivity contribution >= 4 is 16.7 Å². The molecule has 0 radical (unpaired) electrons. The number of amides is 1. The molecule has 2 aromatic rings. The van der Waals surface area contributed by atoms with Crippen LogP contribution in [0.2, 0.25) is 0 Å². The predicted molar refractivity (Wildman–Crippen MR) is 101 cm³/mol. The third kappa shape index (κ3) is 4.20. The molecule has 1 saturated carbocycles. The molecule has 1 N–H and O–H groups in total. The van der Waals surface area contributed by atoms with Gasteiger partial charge in [0.2, 0.25) is 5.91 Å². The lowest BCUT2D eigenvalue weighted by Crippen LogP contribution is -2.50. The molecule has 25 heavy (non-hydrogen) atoms. The van der Waals surface area contributed by atoms with Crippen LogP contribution in [0.5, 0.6) is 0 Å². The molecule has 1 heterocycles. The van der Waals surface area contributed by atoms with Crippen molar-refractivity contribution in [3.63, 3.8) is 0 Å². The van der Waals surface area contributed by atoms with E-state index < -0.39 is 0 Å². The molecule has 2 fully saturated rings. The number of benzene rings is 2. The molecular formula is C21H27N3O. The van der Waals surface area contributed by atoms with Gasteiger partial charge >= 0.3 is 0 Å². The van der Waals surface area contributed by atoms with Gasteiger partial charge in [0, 0.05) is 32.7 Å². The number of hydrogen-bond donors (Lipinski definition) is 1. The summed E-state index contributed by atoms with van der Waals surface area (Å²) >= 11 is 0. The van der Waals surface area contributed by atoms with Crippen LogP contribution in [-0.4, -0.2) is 55.0 Å². The van der Waals surface area contributed by atoms with Crippen LogP contribution < -0.4 is 5.32 Å². The molecule has 2 aromatic carbocycles. The van der Waals surface area contributed by atoms with Crippen LogP contribution in [0.3, 0.4) is 0 Å². The smallest absolute Gasteiger partial charge is 0.236 e. The van der Waals surface area contributed by atoms with Crippen LogP contribution in [0.15, 0.2) is 42.5 Å². The molecule has 2 aliphatic rings. The van der Waals surface area contributed by atoms with Crippen LogP contribution in [0.25, 0.3) is 10.8 Å². The fourth-order valence-corrected chi connectivity index (χ4v) is 3.64. The maximum absolute atomic E-state index is 12.3. The summed E-state index contributed by atoms with van der Waals surface area (Å²) in [7, 11) is 0. The Hall–Kier alpha value is -1.91. The van der Waals surface area contributed by atoms with Crippen molar-refractivity contribution in [2.24, 2.45) is 5.92 Å². The van der Waals surface area contributed by atoms with Crippen molar-refractivity contribution < 1.29 is 4.79 Å². The number of carbonyl (C=O) groups is 1. The van der Waals surface area contributed by atoms with Crippen LogP contribution in [0.4, 0.5) is 0 Å². The van der Waals surface area contributed by atoms with Crippen molar-refractivity contribution in [3.8, 4) is 0 Å². The molecular weight excluding hydrogens is 310 g/mol. The lowest BCUT2D eigenvalue weighted by atomic mass is 10.0. The van der Waals surface area contributed by atoms with E-state index in [9.17, 15) is 4.79 Å². The first-order valence-corrected chi connectivity index (χ1v) is 9.47. The third-order valence-corrected chi connectivity index (χ3v) is 5.41. The Morgan fingerprint density at radius 1 is 1.00 bits per heavy atom. The first-order valence-electron chi connectivity index (χ1n) is 9.47. The lowest BCUT2D eigenvalue weighted by molar-refractivity contribution is -0.132. The van der Waals surface area contributed by atoms with Gasteiger partial charge in [0.15, 0.2) is 0 Å². The zero-order valence-electron chi connectivity index (χ0n) is 14.8. The highest BCUT2D eigenvalue weighted by atomic mass is 16.2. The van der Waals surface area contributed by atoms with Gasteiger partial charge < -0.3 is 10.2 Å². The number of carbonyl (C=O) groups excluding carboxylic acids is 1. The highest BCUT2D eigenvalue weighted by Gasteiger charge is 2.23. The number of fused-ring (bicyclic) bond motifs is 1. The Morgan fingerprint density at radius 2 is 1.76 bits per heavy atom. The van der Waals surface area contributed by atoms with E-state index in [1.807, 2.05) is 4.90 Å². The van der Waals surface area contributed by atoms with Crippen molar-refractivity contribution in [1.82, 2.24) is 15.1 Å². The summed E-state index contributed by atoms with van der Waals surface area (Å²) in [5.41, 5.74) is 1.38. The second-order valence-corrected chi connectivity index (χ2v) is 7.37. The molecule has 0 spiro atoms. The minimum Gasteiger partial charge on any atom is -0.339 e. The molecule has 0 atom stereocenters. The molecule has 0 unspecified atom stereocenters. The average molecular weight is 337 g/mol. The van der Waals surface area contributed by atoms with Gasteiger partial charge in [0.05, 0.1) is 6.54 Å².